The highest BCUT2D eigenvalue weighted by atomic mass is 14.0. The average Bonchev–Trinajstić information content (AvgIpc) is 2.37. The SMILES string of the molecule is CC.CCCCc1cccc(CCCC)c1. The van der Waals surface area contributed by atoms with Crippen LogP contribution in [-0.2, 0) is 12.8 Å². The topological polar surface area (TPSA) is 0 Å². The van der Waals surface area contributed by atoms with E-state index in [0.717, 1.165) is 0 Å². The van der Waals surface area contributed by atoms with Crippen molar-refractivity contribution in [1.29, 1.82) is 0 Å². The molecular formula is C16H28. The number of unbranched alkanes of at least 4 members (excludes halogenated alkanes) is 2. The molecule has 1 aromatic carbocycles. The molecule has 0 N–H and O–H groups in total. The molecule has 0 amide bonds. The highest BCUT2D eigenvalue weighted by molar-refractivity contribution is 5.23. The van der Waals surface area contributed by atoms with Gasteiger partial charge in [-0.3, -0.25) is 0 Å². The number of hydrogen-bond donors (Lipinski definition) is 0. The van der Waals surface area contributed by atoms with Gasteiger partial charge in [0.25, 0.3) is 0 Å². The highest BCUT2D eigenvalue weighted by Crippen LogP contribution is 2.11. The molecule has 0 spiro atoms. The zero-order chi connectivity index (χ0) is 12.2. The first kappa shape index (κ1) is 15.2. The third-order valence-electron chi connectivity index (χ3n) is 2.63. The third kappa shape index (κ3) is 6.66. The molecule has 0 aromatic heterocycles. The van der Waals surface area contributed by atoms with E-state index in [4.69, 9.17) is 0 Å². The first-order valence-corrected chi connectivity index (χ1v) is 6.94. The van der Waals surface area contributed by atoms with Gasteiger partial charge < -0.3 is 0 Å². The lowest BCUT2D eigenvalue weighted by Crippen LogP contribution is -1.89. The van der Waals surface area contributed by atoms with Crippen molar-refractivity contribution in [3.8, 4) is 0 Å². The van der Waals surface area contributed by atoms with Gasteiger partial charge in [0.05, 0.1) is 0 Å². The molecule has 0 nitrogen and oxygen atoms in total. The van der Waals surface area contributed by atoms with E-state index in [2.05, 4.69) is 38.1 Å². The lowest BCUT2D eigenvalue weighted by atomic mass is 10.0. The Kier molecular flexibility index (Phi) is 10.2. The van der Waals surface area contributed by atoms with Crippen LogP contribution >= 0.6 is 0 Å². The monoisotopic (exact) mass is 220 g/mol. The van der Waals surface area contributed by atoms with Crippen molar-refractivity contribution in [2.75, 3.05) is 0 Å². The van der Waals surface area contributed by atoms with E-state index < -0.39 is 0 Å². The zero-order valence-corrected chi connectivity index (χ0v) is 11.6. The molecule has 0 fully saturated rings. The maximum Gasteiger partial charge on any atom is -0.0279 e. The van der Waals surface area contributed by atoms with Crippen LogP contribution in [-0.4, -0.2) is 0 Å². The van der Waals surface area contributed by atoms with Gasteiger partial charge in [-0.2, -0.15) is 0 Å². The molecule has 0 saturated carbocycles. The van der Waals surface area contributed by atoms with E-state index in [1.807, 2.05) is 13.8 Å². The molecule has 0 radical (unpaired) electrons. The first-order chi connectivity index (χ1) is 7.86. The Morgan fingerprint density at radius 2 is 1.25 bits per heavy atom. The average molecular weight is 220 g/mol. The molecule has 0 heteroatoms. The van der Waals surface area contributed by atoms with E-state index in [1.165, 1.54) is 49.7 Å². The van der Waals surface area contributed by atoms with Gasteiger partial charge in [-0.1, -0.05) is 64.8 Å². The summed E-state index contributed by atoms with van der Waals surface area (Å²) in [6.07, 6.45) is 7.71. The van der Waals surface area contributed by atoms with E-state index in [0.29, 0.717) is 0 Å². The van der Waals surface area contributed by atoms with Crippen LogP contribution in [0, 0.1) is 0 Å². The van der Waals surface area contributed by atoms with Gasteiger partial charge in [-0.05, 0) is 36.8 Å². The maximum absolute atomic E-state index is 2.38. The van der Waals surface area contributed by atoms with Crippen molar-refractivity contribution < 1.29 is 0 Å². The fraction of sp³-hybridized carbons (Fsp3) is 0.625. The van der Waals surface area contributed by atoms with Crippen LogP contribution in [0.4, 0.5) is 0 Å². The van der Waals surface area contributed by atoms with Crippen LogP contribution < -0.4 is 0 Å². The summed E-state index contributed by atoms with van der Waals surface area (Å²) in [7, 11) is 0. The van der Waals surface area contributed by atoms with E-state index >= 15 is 0 Å². The lowest BCUT2D eigenvalue weighted by molar-refractivity contribution is 0.780. The van der Waals surface area contributed by atoms with Gasteiger partial charge in [0.1, 0.15) is 0 Å². The molecule has 16 heavy (non-hydrogen) atoms. The number of hydrogen-bond acceptors (Lipinski definition) is 0. The molecule has 1 aromatic rings. The van der Waals surface area contributed by atoms with Crippen LogP contribution in [0.2, 0.25) is 0 Å². The summed E-state index contributed by atoms with van der Waals surface area (Å²) in [4.78, 5) is 0. The zero-order valence-electron chi connectivity index (χ0n) is 11.6. The molecular weight excluding hydrogens is 192 g/mol. The second kappa shape index (κ2) is 10.7. The van der Waals surface area contributed by atoms with Crippen LogP contribution in [0.1, 0.15) is 64.5 Å². The Morgan fingerprint density at radius 3 is 1.62 bits per heavy atom. The minimum Gasteiger partial charge on any atom is -0.0683 e. The highest BCUT2D eigenvalue weighted by Gasteiger charge is 1.95. The van der Waals surface area contributed by atoms with Crippen molar-refractivity contribution in [2.24, 2.45) is 0 Å². The van der Waals surface area contributed by atoms with Gasteiger partial charge >= 0.3 is 0 Å². The van der Waals surface area contributed by atoms with Crippen LogP contribution in [0.15, 0.2) is 24.3 Å². The molecule has 0 aliphatic rings. The molecule has 0 aliphatic carbocycles. The van der Waals surface area contributed by atoms with Crippen molar-refractivity contribution in [2.45, 2.75) is 66.2 Å². The Labute approximate surface area is 102 Å². The van der Waals surface area contributed by atoms with Crippen molar-refractivity contribution in [3.05, 3.63) is 35.4 Å². The smallest absolute Gasteiger partial charge is 0.0279 e. The lowest BCUT2D eigenvalue weighted by Gasteiger charge is -2.04. The molecule has 0 unspecified atom stereocenters. The van der Waals surface area contributed by atoms with Gasteiger partial charge in [-0.15, -0.1) is 0 Å². The van der Waals surface area contributed by atoms with E-state index in [1.54, 1.807) is 0 Å². The van der Waals surface area contributed by atoms with Crippen molar-refractivity contribution in [1.82, 2.24) is 0 Å². The normalized spacial score (nSPS) is 9.50. The fourth-order valence-electron chi connectivity index (χ4n) is 1.70. The van der Waals surface area contributed by atoms with Crippen LogP contribution in [0.25, 0.3) is 0 Å². The summed E-state index contributed by atoms with van der Waals surface area (Å²) in [5.41, 5.74) is 3.03. The molecule has 0 saturated heterocycles. The Morgan fingerprint density at radius 1 is 0.812 bits per heavy atom. The molecule has 0 bridgehead atoms. The Hall–Kier alpha value is -0.780. The number of rotatable bonds is 6. The summed E-state index contributed by atoms with van der Waals surface area (Å²) < 4.78 is 0. The summed E-state index contributed by atoms with van der Waals surface area (Å²) in [6, 6.07) is 9.09. The van der Waals surface area contributed by atoms with Crippen molar-refractivity contribution in [3.63, 3.8) is 0 Å². The maximum atomic E-state index is 2.38. The molecule has 0 heterocycles. The Balaban J connectivity index is 0.00000106. The summed E-state index contributed by atoms with van der Waals surface area (Å²) in [5, 5.41) is 0. The first-order valence-electron chi connectivity index (χ1n) is 6.94. The van der Waals surface area contributed by atoms with Crippen LogP contribution in [0.3, 0.4) is 0 Å². The molecule has 1 rings (SSSR count). The predicted octanol–water partition coefficient (Wildman–Crippen LogP) is 5.40. The predicted molar refractivity (Wildman–Crippen MR) is 75.0 cm³/mol. The van der Waals surface area contributed by atoms with Gasteiger partial charge in [0.2, 0.25) is 0 Å². The van der Waals surface area contributed by atoms with Crippen LogP contribution in [0.5, 0.6) is 0 Å². The minimum atomic E-state index is 1.25. The molecule has 0 aliphatic heterocycles. The van der Waals surface area contributed by atoms with Gasteiger partial charge in [-0.25, -0.2) is 0 Å². The second-order valence-corrected chi connectivity index (χ2v) is 4.03. The van der Waals surface area contributed by atoms with Gasteiger partial charge in [0.15, 0.2) is 0 Å². The second-order valence-electron chi connectivity index (χ2n) is 4.03. The fourth-order valence-corrected chi connectivity index (χ4v) is 1.70. The van der Waals surface area contributed by atoms with E-state index in [-0.39, 0.29) is 0 Å². The summed E-state index contributed by atoms with van der Waals surface area (Å²) >= 11 is 0. The summed E-state index contributed by atoms with van der Waals surface area (Å²) in [6.45, 7) is 8.50. The summed E-state index contributed by atoms with van der Waals surface area (Å²) in [5.74, 6) is 0. The number of benzene rings is 1. The third-order valence-corrected chi connectivity index (χ3v) is 2.63. The quantitative estimate of drug-likeness (QED) is 0.602. The number of aryl methyl sites for hydroxylation is 2. The molecule has 0 atom stereocenters. The minimum absolute atomic E-state index is 1.25. The van der Waals surface area contributed by atoms with Gasteiger partial charge in [0, 0.05) is 0 Å². The van der Waals surface area contributed by atoms with E-state index in [9.17, 15) is 0 Å². The Bertz CT molecular complexity index is 227. The molecule has 92 valence electrons. The van der Waals surface area contributed by atoms with Crippen molar-refractivity contribution >= 4 is 0 Å². The largest absolute Gasteiger partial charge is 0.0683 e. The standard InChI is InChI=1S/C14H22.C2H6/c1-3-5-8-13-10-7-11-14(12-13)9-6-4-2;1-2/h7,10-12H,3-6,8-9H2,1-2H3;1-2H3.